The van der Waals surface area contributed by atoms with Crippen molar-refractivity contribution < 1.29 is 4.74 Å². The normalized spacial score (nSPS) is 10.5. The summed E-state index contributed by atoms with van der Waals surface area (Å²) in [6.07, 6.45) is 0. The number of ether oxygens (including phenoxy) is 1. The summed E-state index contributed by atoms with van der Waals surface area (Å²) in [5.74, 6) is 1.24. The van der Waals surface area contributed by atoms with E-state index in [0.717, 1.165) is 22.0 Å². The maximum Gasteiger partial charge on any atom is 0.131 e. The number of methoxy groups -OCH3 is 1. The quantitative estimate of drug-likeness (QED) is 0.851. The molecule has 0 saturated carbocycles. The molecule has 15 heavy (non-hydrogen) atoms. The van der Waals surface area contributed by atoms with Gasteiger partial charge >= 0.3 is 0 Å². The summed E-state index contributed by atoms with van der Waals surface area (Å²) in [6, 6.07) is 7.75. The average molecular weight is 267 g/mol. The molecule has 0 radical (unpaired) electrons. The van der Waals surface area contributed by atoms with E-state index in [0.29, 0.717) is 5.82 Å². The number of pyridine rings is 1. The lowest BCUT2D eigenvalue weighted by Gasteiger charge is -2.07. The smallest absolute Gasteiger partial charge is 0.131 e. The van der Waals surface area contributed by atoms with Crippen LogP contribution in [0.2, 0.25) is 0 Å². The Morgan fingerprint density at radius 1 is 1.40 bits per heavy atom. The van der Waals surface area contributed by atoms with Crippen LogP contribution in [-0.2, 0) is 5.33 Å². The van der Waals surface area contributed by atoms with Crippen molar-refractivity contribution in [3.05, 3.63) is 29.8 Å². The van der Waals surface area contributed by atoms with E-state index in [4.69, 9.17) is 10.5 Å². The van der Waals surface area contributed by atoms with Crippen LogP contribution in [0.1, 0.15) is 5.56 Å². The molecule has 0 aliphatic heterocycles. The van der Waals surface area contributed by atoms with Crippen LogP contribution in [0.4, 0.5) is 5.82 Å². The Kier molecular flexibility index (Phi) is 2.77. The predicted molar refractivity (Wildman–Crippen MR) is 65.3 cm³/mol. The number of halogens is 1. The van der Waals surface area contributed by atoms with Crippen LogP contribution >= 0.6 is 15.9 Å². The third-order valence-electron chi connectivity index (χ3n) is 2.23. The summed E-state index contributed by atoms with van der Waals surface area (Å²) in [5.41, 5.74) is 7.72. The van der Waals surface area contributed by atoms with Crippen molar-refractivity contribution in [2.24, 2.45) is 0 Å². The molecule has 0 bridgehead atoms. The van der Waals surface area contributed by atoms with Gasteiger partial charge in [-0.3, -0.25) is 0 Å². The molecule has 4 heteroatoms. The average Bonchev–Trinajstić information content (AvgIpc) is 2.27. The summed E-state index contributed by atoms with van der Waals surface area (Å²) in [5, 5.41) is 1.81. The van der Waals surface area contributed by atoms with Gasteiger partial charge in [0.25, 0.3) is 0 Å². The van der Waals surface area contributed by atoms with Crippen LogP contribution in [0.3, 0.4) is 0 Å². The Bertz CT molecular complexity index is 499. The SMILES string of the molecule is COc1cc(N)nc2ccc(CBr)cc12. The molecular formula is C11H11BrN2O. The summed E-state index contributed by atoms with van der Waals surface area (Å²) in [6.45, 7) is 0. The van der Waals surface area contributed by atoms with Crippen LogP contribution in [-0.4, -0.2) is 12.1 Å². The number of benzene rings is 1. The molecule has 0 aliphatic carbocycles. The van der Waals surface area contributed by atoms with E-state index in [-0.39, 0.29) is 0 Å². The number of hydrogen-bond acceptors (Lipinski definition) is 3. The lowest BCUT2D eigenvalue weighted by molar-refractivity contribution is 0.419. The Hall–Kier alpha value is -1.29. The fraction of sp³-hybridized carbons (Fsp3) is 0.182. The molecule has 0 unspecified atom stereocenters. The Labute approximate surface area is 96.4 Å². The first kappa shape index (κ1) is 10.2. The number of rotatable bonds is 2. The Morgan fingerprint density at radius 2 is 2.20 bits per heavy atom. The lowest BCUT2D eigenvalue weighted by atomic mass is 10.1. The zero-order valence-corrected chi connectivity index (χ0v) is 9.91. The predicted octanol–water partition coefficient (Wildman–Crippen LogP) is 2.72. The molecule has 0 amide bonds. The van der Waals surface area contributed by atoms with Gasteiger partial charge < -0.3 is 10.5 Å². The maximum absolute atomic E-state index is 5.67. The maximum atomic E-state index is 5.67. The van der Waals surface area contributed by atoms with Crippen LogP contribution in [0.5, 0.6) is 5.75 Å². The van der Waals surface area contributed by atoms with Crippen molar-refractivity contribution in [3.8, 4) is 5.75 Å². The summed E-state index contributed by atoms with van der Waals surface area (Å²) in [7, 11) is 1.63. The van der Waals surface area contributed by atoms with Gasteiger partial charge in [0.05, 0.1) is 12.6 Å². The summed E-state index contributed by atoms with van der Waals surface area (Å²) >= 11 is 3.42. The number of alkyl halides is 1. The van der Waals surface area contributed by atoms with Gasteiger partial charge in [0.15, 0.2) is 0 Å². The minimum absolute atomic E-state index is 0.478. The van der Waals surface area contributed by atoms with Gasteiger partial charge in [-0.1, -0.05) is 22.0 Å². The lowest BCUT2D eigenvalue weighted by Crippen LogP contribution is -1.94. The van der Waals surface area contributed by atoms with E-state index >= 15 is 0 Å². The molecule has 1 heterocycles. The van der Waals surface area contributed by atoms with E-state index in [9.17, 15) is 0 Å². The van der Waals surface area contributed by atoms with Gasteiger partial charge in [0.1, 0.15) is 11.6 Å². The highest BCUT2D eigenvalue weighted by Gasteiger charge is 2.05. The second-order valence-corrected chi connectivity index (χ2v) is 3.80. The van der Waals surface area contributed by atoms with Crippen molar-refractivity contribution in [2.45, 2.75) is 5.33 Å². The molecule has 0 atom stereocenters. The van der Waals surface area contributed by atoms with Crippen LogP contribution < -0.4 is 10.5 Å². The largest absolute Gasteiger partial charge is 0.496 e. The number of nitrogen functional groups attached to an aromatic ring is 1. The molecule has 0 fully saturated rings. The van der Waals surface area contributed by atoms with E-state index in [1.54, 1.807) is 13.2 Å². The molecule has 2 N–H and O–H groups in total. The molecule has 0 saturated heterocycles. The topological polar surface area (TPSA) is 48.1 Å². The monoisotopic (exact) mass is 266 g/mol. The van der Waals surface area contributed by atoms with Crippen molar-refractivity contribution in [2.75, 3.05) is 12.8 Å². The van der Waals surface area contributed by atoms with Crippen molar-refractivity contribution in [1.82, 2.24) is 4.98 Å². The van der Waals surface area contributed by atoms with Crippen molar-refractivity contribution in [1.29, 1.82) is 0 Å². The number of aromatic nitrogens is 1. The first-order valence-corrected chi connectivity index (χ1v) is 5.66. The van der Waals surface area contributed by atoms with Gasteiger partial charge in [-0.2, -0.15) is 0 Å². The zero-order valence-electron chi connectivity index (χ0n) is 8.33. The highest BCUT2D eigenvalue weighted by Crippen LogP contribution is 2.27. The van der Waals surface area contributed by atoms with Gasteiger partial charge in [0.2, 0.25) is 0 Å². The third-order valence-corrected chi connectivity index (χ3v) is 2.88. The van der Waals surface area contributed by atoms with Gasteiger partial charge in [-0.15, -0.1) is 0 Å². The fourth-order valence-corrected chi connectivity index (χ4v) is 1.86. The number of anilines is 1. The molecule has 78 valence electrons. The van der Waals surface area contributed by atoms with Crippen LogP contribution in [0.15, 0.2) is 24.3 Å². The van der Waals surface area contributed by atoms with Gasteiger partial charge in [0, 0.05) is 16.8 Å². The molecule has 0 aliphatic rings. The van der Waals surface area contributed by atoms with Gasteiger partial charge in [-0.05, 0) is 17.7 Å². The van der Waals surface area contributed by atoms with E-state index in [1.165, 1.54) is 5.56 Å². The third kappa shape index (κ3) is 1.90. The van der Waals surface area contributed by atoms with E-state index < -0.39 is 0 Å². The van der Waals surface area contributed by atoms with Gasteiger partial charge in [-0.25, -0.2) is 4.98 Å². The molecule has 2 aromatic rings. The first-order chi connectivity index (χ1) is 7.24. The summed E-state index contributed by atoms with van der Waals surface area (Å²) < 4.78 is 5.27. The zero-order chi connectivity index (χ0) is 10.8. The second-order valence-electron chi connectivity index (χ2n) is 3.23. The number of nitrogens with zero attached hydrogens (tertiary/aromatic N) is 1. The van der Waals surface area contributed by atoms with E-state index in [2.05, 4.69) is 27.0 Å². The number of hydrogen-bond donors (Lipinski definition) is 1. The minimum atomic E-state index is 0.478. The van der Waals surface area contributed by atoms with Crippen molar-refractivity contribution >= 4 is 32.7 Å². The first-order valence-electron chi connectivity index (χ1n) is 4.53. The highest BCUT2D eigenvalue weighted by molar-refractivity contribution is 9.08. The second kappa shape index (κ2) is 4.06. The highest BCUT2D eigenvalue weighted by atomic mass is 79.9. The molecule has 3 nitrogen and oxygen atoms in total. The van der Waals surface area contributed by atoms with E-state index in [1.807, 2.05) is 12.1 Å². The standard InChI is InChI=1S/C11H11BrN2O/c1-15-10-5-11(13)14-9-3-2-7(6-12)4-8(9)10/h2-5H,6H2,1H3,(H2,13,14). The van der Waals surface area contributed by atoms with Crippen molar-refractivity contribution in [3.63, 3.8) is 0 Å². The molecule has 1 aromatic carbocycles. The molecule has 0 spiro atoms. The Morgan fingerprint density at radius 3 is 2.87 bits per heavy atom. The molecule has 2 rings (SSSR count). The molecular weight excluding hydrogens is 256 g/mol. The fourth-order valence-electron chi connectivity index (χ4n) is 1.51. The molecule has 1 aromatic heterocycles. The number of fused-ring (bicyclic) bond motifs is 1. The summed E-state index contributed by atoms with van der Waals surface area (Å²) in [4.78, 5) is 4.24. The van der Waals surface area contributed by atoms with Crippen LogP contribution in [0.25, 0.3) is 10.9 Å². The van der Waals surface area contributed by atoms with Crippen LogP contribution in [0, 0.1) is 0 Å². The Balaban J connectivity index is 2.73. The minimum Gasteiger partial charge on any atom is -0.496 e. The number of nitrogens with two attached hydrogens (primary N) is 1.